The summed E-state index contributed by atoms with van der Waals surface area (Å²) in [6, 6.07) is 2.04. The van der Waals surface area contributed by atoms with Crippen LogP contribution >= 0.6 is 11.3 Å². The van der Waals surface area contributed by atoms with Crippen LogP contribution in [-0.4, -0.2) is 30.7 Å². The zero-order valence-electron chi connectivity index (χ0n) is 9.46. The van der Waals surface area contributed by atoms with E-state index >= 15 is 0 Å². The molecule has 17 heavy (non-hydrogen) atoms. The molecule has 0 spiro atoms. The van der Waals surface area contributed by atoms with E-state index in [2.05, 4.69) is 5.32 Å². The average Bonchev–Trinajstić information content (AvgIpc) is 2.94. The first-order valence-corrected chi connectivity index (χ1v) is 6.87. The Kier molecular flexibility index (Phi) is 2.90. The minimum absolute atomic E-state index is 0.00800. The summed E-state index contributed by atoms with van der Waals surface area (Å²) in [7, 11) is 0. The Morgan fingerprint density at radius 2 is 2.53 bits per heavy atom. The van der Waals surface area contributed by atoms with E-state index in [0.717, 1.165) is 18.6 Å². The van der Waals surface area contributed by atoms with E-state index in [1.807, 2.05) is 16.8 Å². The van der Waals surface area contributed by atoms with Crippen LogP contribution in [0.4, 0.5) is 0 Å². The molecule has 4 nitrogen and oxygen atoms in total. The predicted molar refractivity (Wildman–Crippen MR) is 65.8 cm³/mol. The SMILES string of the molecule is NC1C2CCOC2C1NC(=O)Cc1ccsc1. The maximum atomic E-state index is 11.8. The number of rotatable bonds is 3. The highest BCUT2D eigenvalue weighted by molar-refractivity contribution is 7.07. The van der Waals surface area contributed by atoms with Crippen molar-refractivity contribution in [1.82, 2.24) is 5.32 Å². The first-order valence-electron chi connectivity index (χ1n) is 5.93. The first-order chi connectivity index (χ1) is 8.25. The summed E-state index contributed by atoms with van der Waals surface area (Å²) in [5.41, 5.74) is 7.10. The van der Waals surface area contributed by atoms with Gasteiger partial charge < -0.3 is 15.8 Å². The normalized spacial score (nSPS) is 35.1. The molecule has 3 rings (SSSR count). The van der Waals surface area contributed by atoms with Crippen molar-refractivity contribution in [3.63, 3.8) is 0 Å². The van der Waals surface area contributed by atoms with E-state index < -0.39 is 0 Å². The summed E-state index contributed by atoms with van der Waals surface area (Å²) in [4.78, 5) is 11.8. The molecular weight excluding hydrogens is 236 g/mol. The number of hydrogen-bond acceptors (Lipinski definition) is 4. The van der Waals surface area contributed by atoms with E-state index in [1.165, 1.54) is 0 Å². The second-order valence-electron chi connectivity index (χ2n) is 4.77. The molecule has 92 valence electrons. The highest BCUT2D eigenvalue weighted by Crippen LogP contribution is 2.37. The van der Waals surface area contributed by atoms with Crippen LogP contribution in [0.5, 0.6) is 0 Å². The number of fused-ring (bicyclic) bond motifs is 1. The van der Waals surface area contributed by atoms with Crippen molar-refractivity contribution in [3.05, 3.63) is 22.4 Å². The lowest BCUT2D eigenvalue weighted by molar-refractivity contribution is -0.125. The van der Waals surface area contributed by atoms with Crippen molar-refractivity contribution in [2.24, 2.45) is 11.7 Å². The van der Waals surface area contributed by atoms with Crippen LogP contribution in [0.25, 0.3) is 0 Å². The standard InChI is InChI=1S/C12H16N2O2S/c13-10-8-1-3-16-12(8)11(10)14-9(15)5-7-2-4-17-6-7/h2,4,6,8,10-12H,1,3,5,13H2,(H,14,15). The molecule has 1 aliphatic heterocycles. The molecule has 0 bridgehead atoms. The van der Waals surface area contributed by atoms with Crippen LogP contribution in [0.15, 0.2) is 16.8 Å². The number of amides is 1. The van der Waals surface area contributed by atoms with Gasteiger partial charge in [0.1, 0.15) is 0 Å². The Bertz CT molecular complexity index is 407. The molecule has 1 aromatic rings. The predicted octanol–water partition coefficient (Wildman–Crippen LogP) is 0.521. The number of carbonyl (C=O) groups excluding carboxylic acids is 1. The van der Waals surface area contributed by atoms with Crippen LogP contribution in [0.3, 0.4) is 0 Å². The second-order valence-corrected chi connectivity index (χ2v) is 5.55. The topological polar surface area (TPSA) is 64.3 Å². The molecule has 1 saturated heterocycles. The van der Waals surface area contributed by atoms with Crippen molar-refractivity contribution in [3.8, 4) is 0 Å². The third kappa shape index (κ3) is 1.99. The number of nitrogens with one attached hydrogen (secondary N) is 1. The van der Waals surface area contributed by atoms with E-state index in [0.29, 0.717) is 12.3 Å². The summed E-state index contributed by atoms with van der Waals surface area (Å²) in [6.07, 6.45) is 1.61. The molecule has 1 aliphatic carbocycles. The van der Waals surface area contributed by atoms with Crippen molar-refractivity contribution in [2.75, 3.05) is 6.61 Å². The van der Waals surface area contributed by atoms with Gasteiger partial charge in [-0.1, -0.05) is 0 Å². The average molecular weight is 252 g/mol. The molecule has 1 saturated carbocycles. The zero-order valence-corrected chi connectivity index (χ0v) is 10.3. The van der Waals surface area contributed by atoms with Crippen molar-refractivity contribution < 1.29 is 9.53 Å². The van der Waals surface area contributed by atoms with E-state index in [-0.39, 0.29) is 24.1 Å². The largest absolute Gasteiger partial charge is 0.376 e. The highest BCUT2D eigenvalue weighted by Gasteiger charge is 2.52. The van der Waals surface area contributed by atoms with Gasteiger partial charge in [0, 0.05) is 18.6 Å². The summed E-state index contributed by atoms with van der Waals surface area (Å²) in [5.74, 6) is 0.485. The van der Waals surface area contributed by atoms with Gasteiger partial charge in [0.25, 0.3) is 0 Å². The Morgan fingerprint density at radius 3 is 3.29 bits per heavy atom. The molecule has 0 aromatic carbocycles. The monoisotopic (exact) mass is 252 g/mol. The Labute approximate surface area is 104 Å². The smallest absolute Gasteiger partial charge is 0.224 e. The van der Waals surface area contributed by atoms with Crippen LogP contribution in [-0.2, 0) is 16.0 Å². The summed E-state index contributed by atoms with van der Waals surface area (Å²) in [5, 5.41) is 6.97. The van der Waals surface area contributed by atoms with Crippen LogP contribution < -0.4 is 11.1 Å². The molecule has 2 fully saturated rings. The van der Waals surface area contributed by atoms with E-state index in [1.54, 1.807) is 11.3 Å². The Hall–Kier alpha value is -0.910. The van der Waals surface area contributed by atoms with Gasteiger partial charge in [-0.05, 0) is 28.8 Å². The fraction of sp³-hybridized carbons (Fsp3) is 0.583. The van der Waals surface area contributed by atoms with Gasteiger partial charge in [-0.2, -0.15) is 11.3 Å². The minimum atomic E-state index is 0.00800. The zero-order chi connectivity index (χ0) is 11.8. The van der Waals surface area contributed by atoms with Crippen molar-refractivity contribution in [1.29, 1.82) is 0 Å². The first kappa shape index (κ1) is 11.2. The lowest BCUT2D eigenvalue weighted by Crippen LogP contribution is -2.69. The molecule has 4 unspecified atom stereocenters. The molecule has 3 N–H and O–H groups in total. The molecular formula is C12H16N2O2S. The number of nitrogens with two attached hydrogens (primary N) is 1. The van der Waals surface area contributed by atoms with Gasteiger partial charge >= 0.3 is 0 Å². The molecule has 1 amide bonds. The number of ether oxygens (including phenoxy) is 1. The van der Waals surface area contributed by atoms with Crippen molar-refractivity contribution in [2.45, 2.75) is 31.0 Å². The van der Waals surface area contributed by atoms with Gasteiger partial charge in [0.15, 0.2) is 0 Å². The van der Waals surface area contributed by atoms with Crippen LogP contribution in [0.2, 0.25) is 0 Å². The maximum Gasteiger partial charge on any atom is 0.224 e. The number of thiophene rings is 1. The van der Waals surface area contributed by atoms with Gasteiger partial charge in [-0.25, -0.2) is 0 Å². The number of carbonyl (C=O) groups is 1. The van der Waals surface area contributed by atoms with Crippen LogP contribution in [0, 0.1) is 5.92 Å². The lowest BCUT2D eigenvalue weighted by Gasteiger charge is -2.45. The molecule has 0 radical (unpaired) electrons. The van der Waals surface area contributed by atoms with Crippen molar-refractivity contribution >= 4 is 17.2 Å². The fourth-order valence-electron chi connectivity index (χ4n) is 2.74. The quantitative estimate of drug-likeness (QED) is 0.824. The molecule has 4 atom stereocenters. The van der Waals surface area contributed by atoms with E-state index in [4.69, 9.17) is 10.5 Å². The Morgan fingerprint density at radius 1 is 1.65 bits per heavy atom. The third-order valence-electron chi connectivity index (χ3n) is 3.72. The van der Waals surface area contributed by atoms with Gasteiger partial charge in [0.2, 0.25) is 5.91 Å². The maximum absolute atomic E-state index is 11.8. The molecule has 2 heterocycles. The summed E-state index contributed by atoms with van der Waals surface area (Å²) < 4.78 is 5.58. The van der Waals surface area contributed by atoms with Crippen LogP contribution in [0.1, 0.15) is 12.0 Å². The second kappa shape index (κ2) is 4.40. The molecule has 2 aliphatic rings. The van der Waals surface area contributed by atoms with Gasteiger partial charge in [-0.15, -0.1) is 0 Å². The summed E-state index contributed by atoms with van der Waals surface area (Å²) in [6.45, 7) is 0.778. The summed E-state index contributed by atoms with van der Waals surface area (Å²) >= 11 is 1.61. The van der Waals surface area contributed by atoms with E-state index in [9.17, 15) is 4.79 Å². The molecule has 1 aromatic heterocycles. The Balaban J connectivity index is 1.55. The highest BCUT2D eigenvalue weighted by atomic mass is 32.1. The lowest BCUT2D eigenvalue weighted by atomic mass is 9.72. The number of hydrogen-bond donors (Lipinski definition) is 2. The fourth-order valence-corrected chi connectivity index (χ4v) is 3.41. The van der Waals surface area contributed by atoms with Gasteiger partial charge in [-0.3, -0.25) is 4.79 Å². The molecule has 5 heteroatoms. The minimum Gasteiger partial charge on any atom is -0.376 e. The van der Waals surface area contributed by atoms with Gasteiger partial charge in [0.05, 0.1) is 18.6 Å². The third-order valence-corrected chi connectivity index (χ3v) is 4.45.